The Labute approximate surface area is 113 Å². The van der Waals surface area contributed by atoms with Crippen LogP contribution in [0.1, 0.15) is 11.4 Å². The summed E-state index contributed by atoms with van der Waals surface area (Å²) < 4.78 is 27.4. The molecule has 2 rings (SSSR count). The van der Waals surface area contributed by atoms with E-state index in [2.05, 4.69) is 10.1 Å². The second kappa shape index (κ2) is 5.07. The molecule has 1 aromatic carbocycles. The monoisotopic (exact) mass is 279 g/mol. The summed E-state index contributed by atoms with van der Waals surface area (Å²) in [6, 6.07) is 10.7. The van der Waals surface area contributed by atoms with Crippen molar-refractivity contribution in [2.75, 3.05) is 12.5 Å². The van der Waals surface area contributed by atoms with Gasteiger partial charge in [0.05, 0.1) is 10.6 Å². The predicted molar refractivity (Wildman–Crippen MR) is 75.6 cm³/mol. The summed E-state index contributed by atoms with van der Waals surface area (Å²) in [6.07, 6.45) is 0. The van der Waals surface area contributed by atoms with Crippen LogP contribution >= 0.6 is 0 Å². The molecule has 1 aromatic heterocycles. The summed E-state index contributed by atoms with van der Waals surface area (Å²) in [4.78, 5) is 0.251. The lowest BCUT2D eigenvalue weighted by Crippen LogP contribution is -2.18. The van der Waals surface area contributed by atoms with Gasteiger partial charge in [0.25, 0.3) is 0 Å². The molecule has 0 aliphatic carbocycles. The average molecular weight is 279 g/mol. The topological polar surface area (TPSA) is 63.1 Å². The van der Waals surface area contributed by atoms with Crippen LogP contribution in [-0.2, 0) is 10.0 Å². The van der Waals surface area contributed by atoms with E-state index in [1.165, 1.54) is 7.05 Å². The number of anilines is 1. The molecular formula is C13H17N3O2S. The zero-order valence-corrected chi connectivity index (χ0v) is 12.0. The van der Waals surface area contributed by atoms with Gasteiger partial charge in [0.1, 0.15) is 0 Å². The van der Waals surface area contributed by atoms with Crippen LogP contribution in [0.3, 0.4) is 0 Å². The molecule has 0 aliphatic rings. The summed E-state index contributed by atoms with van der Waals surface area (Å²) in [5.74, 6) is 0. The smallest absolute Gasteiger partial charge is 0.240 e. The summed E-state index contributed by atoms with van der Waals surface area (Å²) in [6.45, 7) is 4.00. The van der Waals surface area contributed by atoms with Gasteiger partial charge in [-0.2, -0.15) is 0 Å². The van der Waals surface area contributed by atoms with E-state index in [1.54, 1.807) is 24.3 Å². The molecule has 0 bridgehead atoms. The van der Waals surface area contributed by atoms with E-state index in [0.717, 1.165) is 17.1 Å². The normalized spacial score (nSPS) is 11.5. The fourth-order valence-electron chi connectivity index (χ4n) is 1.80. The first-order valence-corrected chi connectivity index (χ1v) is 7.38. The fourth-order valence-corrected chi connectivity index (χ4v) is 2.53. The second-order valence-electron chi connectivity index (χ2n) is 4.30. The average Bonchev–Trinajstić information content (AvgIpc) is 2.71. The first-order chi connectivity index (χ1) is 8.94. The molecule has 0 spiro atoms. The highest BCUT2D eigenvalue weighted by Gasteiger charge is 2.10. The Morgan fingerprint density at radius 3 is 1.95 bits per heavy atom. The van der Waals surface area contributed by atoms with Crippen molar-refractivity contribution in [2.45, 2.75) is 18.7 Å². The minimum Gasteiger partial charge on any atom is -0.294 e. The van der Waals surface area contributed by atoms with E-state index in [-0.39, 0.29) is 4.90 Å². The van der Waals surface area contributed by atoms with Crippen molar-refractivity contribution in [1.29, 1.82) is 0 Å². The first kappa shape index (κ1) is 13.6. The van der Waals surface area contributed by atoms with Crippen molar-refractivity contribution in [1.82, 2.24) is 9.40 Å². The van der Waals surface area contributed by atoms with Crippen molar-refractivity contribution in [3.8, 4) is 0 Å². The zero-order chi connectivity index (χ0) is 14.0. The van der Waals surface area contributed by atoms with E-state index in [0.29, 0.717) is 0 Å². The van der Waals surface area contributed by atoms with Gasteiger partial charge in [0, 0.05) is 11.4 Å². The van der Waals surface area contributed by atoms with E-state index < -0.39 is 10.0 Å². The van der Waals surface area contributed by atoms with E-state index >= 15 is 0 Å². The lowest BCUT2D eigenvalue weighted by molar-refractivity contribution is 0.588. The van der Waals surface area contributed by atoms with Crippen molar-refractivity contribution in [3.63, 3.8) is 0 Å². The molecular weight excluding hydrogens is 262 g/mol. The molecule has 0 saturated carbocycles. The lowest BCUT2D eigenvalue weighted by Gasteiger charge is -2.13. The number of aromatic nitrogens is 1. The Kier molecular flexibility index (Phi) is 3.64. The van der Waals surface area contributed by atoms with Gasteiger partial charge < -0.3 is 0 Å². The highest BCUT2D eigenvalue weighted by Crippen LogP contribution is 2.15. The SMILES string of the molecule is CNS(=O)(=O)c1ccc(Nn2c(C)ccc2C)cc1. The molecule has 1 heterocycles. The Bertz CT molecular complexity index is 653. The summed E-state index contributed by atoms with van der Waals surface area (Å²) >= 11 is 0. The summed E-state index contributed by atoms with van der Waals surface area (Å²) in [5.41, 5.74) is 6.22. The third kappa shape index (κ3) is 2.80. The molecule has 6 heteroatoms. The van der Waals surface area contributed by atoms with Crippen LogP contribution in [0.5, 0.6) is 0 Å². The quantitative estimate of drug-likeness (QED) is 0.898. The molecule has 2 aromatic rings. The molecule has 19 heavy (non-hydrogen) atoms. The largest absolute Gasteiger partial charge is 0.294 e. The number of nitrogens with zero attached hydrogens (tertiary/aromatic N) is 1. The number of sulfonamides is 1. The van der Waals surface area contributed by atoms with Gasteiger partial charge in [-0.05, 0) is 57.3 Å². The zero-order valence-electron chi connectivity index (χ0n) is 11.1. The number of rotatable bonds is 4. The Balaban J connectivity index is 2.25. The van der Waals surface area contributed by atoms with Crippen LogP contribution in [0.4, 0.5) is 5.69 Å². The van der Waals surface area contributed by atoms with Gasteiger partial charge in [-0.3, -0.25) is 10.1 Å². The van der Waals surface area contributed by atoms with Gasteiger partial charge in [-0.15, -0.1) is 0 Å². The maximum absolute atomic E-state index is 11.6. The third-order valence-corrected chi connectivity index (χ3v) is 4.38. The molecule has 0 amide bonds. The van der Waals surface area contributed by atoms with Crippen LogP contribution < -0.4 is 10.1 Å². The van der Waals surface area contributed by atoms with Gasteiger partial charge >= 0.3 is 0 Å². The standard InChI is InChI=1S/C13H17N3O2S/c1-10-4-5-11(2)16(10)15-12-6-8-13(9-7-12)19(17,18)14-3/h4-9,14-15H,1-3H3. The van der Waals surface area contributed by atoms with Gasteiger partial charge in [-0.1, -0.05) is 0 Å². The molecule has 2 N–H and O–H groups in total. The fraction of sp³-hybridized carbons (Fsp3) is 0.231. The van der Waals surface area contributed by atoms with Crippen LogP contribution in [-0.4, -0.2) is 20.1 Å². The number of hydrogen-bond donors (Lipinski definition) is 2. The van der Waals surface area contributed by atoms with Gasteiger partial charge in [0.2, 0.25) is 10.0 Å². The van der Waals surface area contributed by atoms with Crippen molar-refractivity contribution >= 4 is 15.7 Å². The number of benzene rings is 1. The molecule has 0 saturated heterocycles. The van der Waals surface area contributed by atoms with E-state index in [4.69, 9.17) is 0 Å². The molecule has 0 radical (unpaired) electrons. The summed E-state index contributed by atoms with van der Waals surface area (Å²) in [7, 11) is -1.98. The van der Waals surface area contributed by atoms with E-state index in [1.807, 2.05) is 30.7 Å². The highest BCUT2D eigenvalue weighted by atomic mass is 32.2. The van der Waals surface area contributed by atoms with Crippen molar-refractivity contribution in [3.05, 3.63) is 47.8 Å². The molecule has 0 atom stereocenters. The summed E-state index contributed by atoms with van der Waals surface area (Å²) in [5, 5.41) is 0. The lowest BCUT2D eigenvalue weighted by atomic mass is 10.3. The Morgan fingerprint density at radius 1 is 0.947 bits per heavy atom. The molecule has 0 fully saturated rings. The Morgan fingerprint density at radius 2 is 1.47 bits per heavy atom. The van der Waals surface area contributed by atoms with Crippen LogP contribution in [0.15, 0.2) is 41.3 Å². The minimum absolute atomic E-state index is 0.251. The number of aryl methyl sites for hydroxylation is 2. The highest BCUT2D eigenvalue weighted by molar-refractivity contribution is 7.89. The Hall–Kier alpha value is -1.79. The molecule has 0 unspecified atom stereocenters. The van der Waals surface area contributed by atoms with Crippen molar-refractivity contribution < 1.29 is 8.42 Å². The predicted octanol–water partition coefficient (Wildman–Crippen LogP) is 1.89. The van der Waals surface area contributed by atoms with Gasteiger partial charge in [0.15, 0.2) is 0 Å². The first-order valence-electron chi connectivity index (χ1n) is 5.89. The minimum atomic E-state index is -3.38. The van der Waals surface area contributed by atoms with Crippen LogP contribution in [0, 0.1) is 13.8 Å². The van der Waals surface area contributed by atoms with Crippen molar-refractivity contribution in [2.24, 2.45) is 0 Å². The number of hydrogen-bond acceptors (Lipinski definition) is 3. The second-order valence-corrected chi connectivity index (χ2v) is 6.18. The number of nitrogens with one attached hydrogen (secondary N) is 2. The third-order valence-electron chi connectivity index (χ3n) is 2.95. The van der Waals surface area contributed by atoms with Crippen LogP contribution in [0.25, 0.3) is 0 Å². The molecule has 5 nitrogen and oxygen atoms in total. The van der Waals surface area contributed by atoms with E-state index in [9.17, 15) is 8.42 Å². The maximum atomic E-state index is 11.6. The van der Waals surface area contributed by atoms with Crippen LogP contribution in [0.2, 0.25) is 0 Å². The van der Waals surface area contributed by atoms with Gasteiger partial charge in [-0.25, -0.2) is 13.1 Å². The molecule has 0 aliphatic heterocycles. The molecule has 102 valence electrons. The maximum Gasteiger partial charge on any atom is 0.240 e.